The van der Waals surface area contributed by atoms with Crippen LogP contribution in [-0.2, 0) is 44.8 Å². The van der Waals surface area contributed by atoms with Gasteiger partial charge in [-0.15, -0.1) is 35.4 Å². The first-order chi connectivity index (χ1) is 29.4. The zero-order chi connectivity index (χ0) is 41.5. The number of hydrogen-bond donors (Lipinski definition) is 0. The van der Waals surface area contributed by atoms with Gasteiger partial charge in [0.2, 0.25) is 0 Å². The number of rotatable bonds is 6. The van der Waals surface area contributed by atoms with Gasteiger partial charge in [0.05, 0.1) is 0 Å². The predicted octanol–water partition coefficient (Wildman–Crippen LogP) is 8.94. The van der Waals surface area contributed by atoms with E-state index in [0.717, 1.165) is 11.1 Å². The molecule has 2 aliphatic rings. The van der Waals surface area contributed by atoms with E-state index in [1.165, 1.54) is 70.1 Å². The van der Waals surface area contributed by atoms with Crippen LogP contribution in [0.25, 0.3) is 22.3 Å². The van der Waals surface area contributed by atoms with Crippen molar-refractivity contribution in [3.05, 3.63) is 230 Å². The van der Waals surface area contributed by atoms with E-state index >= 15 is 0 Å². The van der Waals surface area contributed by atoms with E-state index in [1.54, 1.807) is 0 Å². The van der Waals surface area contributed by atoms with Gasteiger partial charge in [-0.05, 0) is 81.2 Å². The monoisotopic (exact) mass is 1230 g/mol. The molecule has 0 bridgehead atoms. The molecular weight excluding hydrogens is 1180 g/mol. The van der Waals surface area contributed by atoms with E-state index < -0.39 is 32.7 Å². The molecule has 0 aromatic heterocycles. The Hall–Kier alpha value is -4.35. The van der Waals surface area contributed by atoms with Crippen LogP contribution < -0.4 is 42.0 Å². The number of hydrogen-bond acceptors (Lipinski definition) is 0. The van der Waals surface area contributed by atoms with Crippen molar-refractivity contribution in [1.82, 2.24) is 0 Å². The van der Waals surface area contributed by atoms with Crippen LogP contribution in [0.15, 0.2) is 206 Å². The first-order valence-corrected chi connectivity index (χ1v) is 28.9. The third-order valence-corrected chi connectivity index (χ3v) is 24.7. The summed E-state index contributed by atoms with van der Waals surface area (Å²) in [6.45, 7) is 7.10. The van der Waals surface area contributed by atoms with Gasteiger partial charge in [0.1, 0.15) is 53.9 Å². The molecule has 0 atom stereocenters. The number of fused-ring (bicyclic) bond motifs is 6. The van der Waals surface area contributed by atoms with Crippen molar-refractivity contribution < 1.29 is 44.8 Å². The molecule has 0 fully saturated rings. The average molecular weight is 1230 g/mol. The minimum atomic E-state index is -1.55. The Morgan fingerprint density at radius 2 is 0.806 bits per heavy atom. The number of benzene rings is 8. The van der Waals surface area contributed by atoms with Crippen LogP contribution in [0.3, 0.4) is 0 Å². The smallest absolute Gasteiger partial charge is 0.366 e. The van der Waals surface area contributed by atoms with Gasteiger partial charge in [-0.2, -0.15) is 0 Å². The second-order valence-corrected chi connectivity index (χ2v) is 28.0. The molecule has 0 N–H and O–H groups in total. The summed E-state index contributed by atoms with van der Waals surface area (Å²) in [5.41, 5.74) is 7.16. The SMILES string of the molecule is [Au+].[Au+].[C-]#Cc1ccc2c(c1)-c1ccccc1[Si]2C.[C-]#Cc1ccc2c(c1)[Si](C)(C)c1ccccc1-2.c1ccc([PH+](C[PH+](c2ccccc2)c2ccccc2)c2ccccc2)cc1. The molecule has 2 heterocycles. The van der Waals surface area contributed by atoms with E-state index in [1.807, 2.05) is 12.1 Å². The summed E-state index contributed by atoms with van der Waals surface area (Å²) in [4.78, 5) is 0. The minimum absolute atomic E-state index is 0. The van der Waals surface area contributed by atoms with Crippen LogP contribution >= 0.6 is 15.8 Å². The molecule has 2 aliphatic heterocycles. The van der Waals surface area contributed by atoms with Crippen LogP contribution in [0.1, 0.15) is 11.1 Å². The van der Waals surface area contributed by atoms with Crippen LogP contribution in [0.4, 0.5) is 0 Å². The van der Waals surface area contributed by atoms with Crippen LogP contribution in [0.2, 0.25) is 19.6 Å². The van der Waals surface area contributed by atoms with E-state index in [4.69, 9.17) is 12.8 Å². The summed E-state index contributed by atoms with van der Waals surface area (Å²) in [6.07, 6.45) is 14.5. The molecule has 309 valence electrons. The van der Waals surface area contributed by atoms with Crippen molar-refractivity contribution in [2.45, 2.75) is 19.6 Å². The molecule has 0 saturated heterocycles. The Balaban J connectivity index is 0.000000160. The van der Waals surface area contributed by atoms with Crippen molar-refractivity contribution in [3.63, 3.8) is 0 Å². The summed E-state index contributed by atoms with van der Waals surface area (Å²) >= 11 is 0. The van der Waals surface area contributed by atoms with Crippen molar-refractivity contribution >= 4 is 74.7 Å². The van der Waals surface area contributed by atoms with Gasteiger partial charge < -0.3 is 12.8 Å². The molecule has 0 amide bonds. The summed E-state index contributed by atoms with van der Waals surface area (Å²) in [7, 11) is -3.83. The molecule has 1 radical (unpaired) electrons. The Labute approximate surface area is 405 Å². The first-order valence-electron chi connectivity index (χ1n) is 20.5. The fourth-order valence-corrected chi connectivity index (χ4v) is 21.7. The Kier molecular flexibility index (Phi) is 16.6. The van der Waals surface area contributed by atoms with Gasteiger partial charge in [0.25, 0.3) is 0 Å². The second kappa shape index (κ2) is 21.8. The van der Waals surface area contributed by atoms with Crippen molar-refractivity contribution in [2.75, 3.05) is 5.90 Å². The molecule has 0 unspecified atom stereocenters. The maximum absolute atomic E-state index is 7.26. The molecule has 0 saturated carbocycles. The Morgan fingerprint density at radius 1 is 0.419 bits per heavy atom. The Bertz CT molecular complexity index is 2660. The fourth-order valence-electron chi connectivity index (χ4n) is 8.62. The summed E-state index contributed by atoms with van der Waals surface area (Å²) in [6, 6.07) is 74.3. The summed E-state index contributed by atoms with van der Waals surface area (Å²) < 4.78 is 0. The Morgan fingerprint density at radius 3 is 1.31 bits per heavy atom. The van der Waals surface area contributed by atoms with E-state index in [-0.39, 0.29) is 44.8 Å². The molecule has 10 rings (SSSR count). The normalized spacial score (nSPS) is 12.2. The summed E-state index contributed by atoms with van der Waals surface area (Å²) in [5.74, 6) is 6.20. The predicted molar refractivity (Wildman–Crippen MR) is 270 cm³/mol. The van der Waals surface area contributed by atoms with Gasteiger partial charge in [0.15, 0.2) is 5.90 Å². The quantitative estimate of drug-likeness (QED) is 0.0676. The molecular formula is C56H47Au2P2Si2+2. The van der Waals surface area contributed by atoms with Crippen molar-refractivity contribution in [2.24, 2.45) is 0 Å². The molecule has 0 aliphatic carbocycles. The fraction of sp³-hybridized carbons (Fsp3) is 0.0714. The van der Waals surface area contributed by atoms with Gasteiger partial charge in [-0.25, -0.2) is 0 Å². The third-order valence-electron chi connectivity index (χ3n) is 11.8. The maximum Gasteiger partial charge on any atom is 1.00 e. The van der Waals surface area contributed by atoms with Crippen LogP contribution in [-0.4, -0.2) is 22.8 Å². The van der Waals surface area contributed by atoms with Gasteiger partial charge in [-0.3, -0.25) is 11.8 Å². The molecule has 0 nitrogen and oxygen atoms in total. The van der Waals surface area contributed by atoms with Crippen LogP contribution in [0, 0.1) is 24.7 Å². The zero-order valence-corrected chi connectivity index (χ0v) is 43.3. The van der Waals surface area contributed by atoms with E-state index in [2.05, 4.69) is 226 Å². The van der Waals surface area contributed by atoms with Gasteiger partial charge in [-0.1, -0.05) is 163 Å². The molecule has 8 aromatic rings. The molecule has 0 spiro atoms. The van der Waals surface area contributed by atoms with Gasteiger partial charge >= 0.3 is 44.8 Å². The molecule has 6 heteroatoms. The largest absolute Gasteiger partial charge is 1.00 e. The topological polar surface area (TPSA) is 0 Å². The molecule has 62 heavy (non-hydrogen) atoms. The zero-order valence-electron chi connectivity index (χ0n) is 34.9. The summed E-state index contributed by atoms with van der Waals surface area (Å²) in [5, 5.41) is 11.9. The van der Waals surface area contributed by atoms with E-state index in [0.29, 0.717) is 0 Å². The van der Waals surface area contributed by atoms with Crippen LogP contribution in [0.5, 0.6) is 0 Å². The first kappa shape index (κ1) is 47.1. The second-order valence-electron chi connectivity index (χ2n) is 15.7. The minimum Gasteiger partial charge on any atom is -0.366 e. The third kappa shape index (κ3) is 10.2. The molecule has 8 aromatic carbocycles. The average Bonchev–Trinajstić information content (AvgIpc) is 3.73. The van der Waals surface area contributed by atoms with Crippen molar-refractivity contribution in [1.29, 1.82) is 0 Å². The van der Waals surface area contributed by atoms with Crippen molar-refractivity contribution in [3.8, 4) is 34.1 Å². The van der Waals surface area contributed by atoms with Gasteiger partial charge in [0, 0.05) is 0 Å². The van der Waals surface area contributed by atoms with E-state index in [9.17, 15) is 0 Å². The standard InChI is InChI=1S/C25H22P2.C16H13Si.C15H10Si.2Au/c1-5-13-22(14-6-1)26(23-15-7-2-8-16-23)21-27(24-17-9-3-10-18-24)25-19-11-4-12-20-25;1-4-12-9-10-14-13-7-5-6-8-15(13)17(2,3)16(14)11-12;1-3-11-8-9-15-13(10-11)12-6-4-5-7-14(12)16(15)2;;/h1-20H,21H2;5-11H,2-3H3;4-10H,2H3;;/q;2*-1;2*+1/p+2. The maximum atomic E-state index is 7.26.